The van der Waals surface area contributed by atoms with Gasteiger partial charge in [-0.1, -0.05) is 13.3 Å². The average Bonchev–Trinajstić information content (AvgIpc) is 2.73. The van der Waals surface area contributed by atoms with E-state index in [4.69, 9.17) is 0 Å². The van der Waals surface area contributed by atoms with E-state index in [2.05, 4.69) is 51.4 Å². The molecule has 0 spiro atoms. The summed E-state index contributed by atoms with van der Waals surface area (Å²) in [5.41, 5.74) is 2.62. The summed E-state index contributed by atoms with van der Waals surface area (Å²) in [6.07, 6.45) is 7.35. The third-order valence-corrected chi connectivity index (χ3v) is 4.94. The molecule has 1 aromatic heterocycles. The molecule has 0 aliphatic carbocycles. The molecule has 6 heteroatoms. The molecule has 1 N–H and O–H groups in total. The number of piperidine rings is 1. The standard InChI is InChI=1S/C21H29N5O/c1-3-4-12-25(2)21(27)19-15-20(23-16-22-19)24-17-8-10-18(11-9-17)26-13-6-5-7-14-26/h8-11,15-16H,3-7,12-14H2,1-2H3,(H,22,23,24). The Labute approximate surface area is 161 Å². The Morgan fingerprint density at radius 3 is 2.59 bits per heavy atom. The van der Waals surface area contributed by atoms with Gasteiger partial charge in [0.25, 0.3) is 5.91 Å². The van der Waals surface area contributed by atoms with Gasteiger partial charge >= 0.3 is 0 Å². The van der Waals surface area contributed by atoms with Crippen molar-refractivity contribution in [1.29, 1.82) is 0 Å². The first kappa shape index (κ1) is 19.1. The first-order valence-electron chi connectivity index (χ1n) is 9.87. The van der Waals surface area contributed by atoms with Crippen LogP contribution in [0.2, 0.25) is 0 Å². The molecule has 2 aromatic rings. The number of carbonyl (C=O) groups is 1. The number of hydrogen-bond donors (Lipinski definition) is 1. The van der Waals surface area contributed by atoms with E-state index in [1.165, 1.54) is 31.3 Å². The van der Waals surface area contributed by atoms with Crippen LogP contribution in [0, 0.1) is 0 Å². The largest absolute Gasteiger partial charge is 0.372 e. The Kier molecular flexibility index (Phi) is 6.63. The van der Waals surface area contributed by atoms with E-state index >= 15 is 0 Å². The Morgan fingerprint density at radius 1 is 1.15 bits per heavy atom. The van der Waals surface area contributed by atoms with Crippen LogP contribution in [0.5, 0.6) is 0 Å². The van der Waals surface area contributed by atoms with E-state index in [1.807, 2.05) is 7.05 Å². The summed E-state index contributed by atoms with van der Waals surface area (Å²) in [5, 5.41) is 3.27. The first-order valence-corrected chi connectivity index (χ1v) is 9.87. The van der Waals surface area contributed by atoms with Crippen molar-refractivity contribution in [2.75, 3.05) is 36.9 Å². The Hall–Kier alpha value is -2.63. The minimum absolute atomic E-state index is 0.0747. The molecule has 1 aliphatic heterocycles. The first-order chi connectivity index (χ1) is 13.2. The van der Waals surface area contributed by atoms with Crippen molar-refractivity contribution in [3.63, 3.8) is 0 Å². The van der Waals surface area contributed by atoms with Crippen LogP contribution in [0.25, 0.3) is 0 Å². The van der Waals surface area contributed by atoms with Crippen molar-refractivity contribution in [1.82, 2.24) is 14.9 Å². The van der Waals surface area contributed by atoms with Gasteiger partial charge in [0.2, 0.25) is 0 Å². The van der Waals surface area contributed by atoms with Gasteiger partial charge in [0, 0.05) is 44.1 Å². The number of rotatable bonds is 7. The van der Waals surface area contributed by atoms with Crippen LogP contribution in [-0.2, 0) is 0 Å². The van der Waals surface area contributed by atoms with E-state index in [0.717, 1.165) is 38.2 Å². The van der Waals surface area contributed by atoms with E-state index in [1.54, 1.807) is 11.0 Å². The maximum absolute atomic E-state index is 12.5. The van der Waals surface area contributed by atoms with Crippen LogP contribution in [0.1, 0.15) is 49.5 Å². The van der Waals surface area contributed by atoms with Gasteiger partial charge in [-0.15, -0.1) is 0 Å². The van der Waals surface area contributed by atoms with Crippen LogP contribution in [-0.4, -0.2) is 47.5 Å². The maximum atomic E-state index is 12.5. The van der Waals surface area contributed by atoms with Crippen LogP contribution >= 0.6 is 0 Å². The molecule has 1 saturated heterocycles. The molecule has 2 heterocycles. The molecular formula is C21H29N5O. The number of carbonyl (C=O) groups excluding carboxylic acids is 1. The molecule has 1 aromatic carbocycles. The van der Waals surface area contributed by atoms with Gasteiger partial charge in [-0.3, -0.25) is 4.79 Å². The lowest BCUT2D eigenvalue weighted by molar-refractivity contribution is 0.0787. The second-order valence-electron chi connectivity index (χ2n) is 7.09. The highest BCUT2D eigenvalue weighted by atomic mass is 16.2. The highest BCUT2D eigenvalue weighted by Gasteiger charge is 2.14. The zero-order valence-corrected chi connectivity index (χ0v) is 16.3. The topological polar surface area (TPSA) is 61.4 Å². The number of aromatic nitrogens is 2. The third kappa shape index (κ3) is 5.18. The molecule has 0 bridgehead atoms. The molecule has 0 saturated carbocycles. The van der Waals surface area contributed by atoms with Crippen LogP contribution < -0.4 is 10.2 Å². The summed E-state index contributed by atoms with van der Waals surface area (Å²) >= 11 is 0. The monoisotopic (exact) mass is 367 g/mol. The van der Waals surface area contributed by atoms with Crippen molar-refractivity contribution in [2.24, 2.45) is 0 Å². The zero-order valence-electron chi connectivity index (χ0n) is 16.3. The fourth-order valence-corrected chi connectivity index (χ4v) is 3.29. The molecule has 1 aliphatic rings. The number of nitrogens with one attached hydrogen (secondary N) is 1. The fraction of sp³-hybridized carbons (Fsp3) is 0.476. The normalized spacial score (nSPS) is 14.1. The molecular weight excluding hydrogens is 338 g/mol. The predicted molar refractivity (Wildman–Crippen MR) is 110 cm³/mol. The van der Waals surface area contributed by atoms with E-state index < -0.39 is 0 Å². The van der Waals surface area contributed by atoms with Crippen molar-refractivity contribution in [3.05, 3.63) is 42.4 Å². The number of hydrogen-bond acceptors (Lipinski definition) is 5. The minimum Gasteiger partial charge on any atom is -0.372 e. The summed E-state index contributed by atoms with van der Waals surface area (Å²) in [5.74, 6) is 0.553. The smallest absolute Gasteiger partial charge is 0.272 e. The van der Waals surface area contributed by atoms with Crippen molar-refractivity contribution in [3.8, 4) is 0 Å². The summed E-state index contributed by atoms with van der Waals surface area (Å²) in [4.78, 5) is 25.0. The van der Waals surface area contributed by atoms with Gasteiger partial charge in [-0.05, 0) is 49.9 Å². The van der Waals surface area contributed by atoms with Gasteiger partial charge in [0.1, 0.15) is 17.8 Å². The number of unbranched alkanes of at least 4 members (excludes halogenated alkanes) is 1. The summed E-state index contributed by atoms with van der Waals surface area (Å²) in [6.45, 7) is 5.12. The number of anilines is 3. The molecule has 1 fully saturated rings. The van der Waals surface area contributed by atoms with Gasteiger partial charge in [0.15, 0.2) is 0 Å². The molecule has 6 nitrogen and oxygen atoms in total. The fourth-order valence-electron chi connectivity index (χ4n) is 3.29. The van der Waals surface area contributed by atoms with Crippen LogP contribution in [0.4, 0.5) is 17.2 Å². The molecule has 1 amide bonds. The molecule has 144 valence electrons. The van der Waals surface area contributed by atoms with E-state index in [9.17, 15) is 4.79 Å². The van der Waals surface area contributed by atoms with Crippen LogP contribution in [0.3, 0.4) is 0 Å². The lowest BCUT2D eigenvalue weighted by atomic mass is 10.1. The predicted octanol–water partition coefficient (Wildman–Crippen LogP) is 4.08. The number of nitrogens with zero attached hydrogens (tertiary/aromatic N) is 4. The highest BCUT2D eigenvalue weighted by molar-refractivity contribution is 5.92. The summed E-state index contributed by atoms with van der Waals surface area (Å²) < 4.78 is 0. The van der Waals surface area contributed by atoms with Crippen molar-refractivity contribution in [2.45, 2.75) is 39.0 Å². The lowest BCUT2D eigenvalue weighted by Crippen LogP contribution is -2.29. The van der Waals surface area contributed by atoms with Crippen LogP contribution in [0.15, 0.2) is 36.7 Å². The van der Waals surface area contributed by atoms with Gasteiger partial charge in [-0.25, -0.2) is 9.97 Å². The lowest BCUT2D eigenvalue weighted by Gasteiger charge is -2.28. The third-order valence-electron chi connectivity index (χ3n) is 4.94. The van der Waals surface area contributed by atoms with Gasteiger partial charge in [-0.2, -0.15) is 0 Å². The van der Waals surface area contributed by atoms with Crippen molar-refractivity contribution < 1.29 is 4.79 Å². The molecule has 0 unspecified atom stereocenters. The SMILES string of the molecule is CCCCN(C)C(=O)c1cc(Nc2ccc(N3CCCCC3)cc2)ncn1. The van der Waals surface area contributed by atoms with Crippen molar-refractivity contribution >= 4 is 23.1 Å². The summed E-state index contributed by atoms with van der Waals surface area (Å²) in [7, 11) is 1.81. The second kappa shape index (κ2) is 9.35. The van der Waals surface area contributed by atoms with Gasteiger partial charge < -0.3 is 15.1 Å². The van der Waals surface area contributed by atoms with E-state index in [0.29, 0.717) is 11.5 Å². The second-order valence-corrected chi connectivity index (χ2v) is 7.09. The highest BCUT2D eigenvalue weighted by Crippen LogP contribution is 2.23. The molecule has 0 atom stereocenters. The quantitative estimate of drug-likeness (QED) is 0.799. The zero-order chi connectivity index (χ0) is 19.1. The number of amides is 1. The molecule has 3 rings (SSSR count). The maximum Gasteiger partial charge on any atom is 0.272 e. The summed E-state index contributed by atoms with van der Waals surface area (Å²) in [6, 6.07) is 10.1. The average molecular weight is 367 g/mol. The Bertz CT molecular complexity index is 740. The minimum atomic E-state index is -0.0747. The Balaban J connectivity index is 1.64. The molecule has 0 radical (unpaired) electrons. The van der Waals surface area contributed by atoms with E-state index in [-0.39, 0.29) is 5.91 Å². The number of benzene rings is 1. The Morgan fingerprint density at radius 2 is 1.89 bits per heavy atom. The molecule has 27 heavy (non-hydrogen) atoms. The van der Waals surface area contributed by atoms with Gasteiger partial charge in [0.05, 0.1) is 0 Å².